The zero-order chi connectivity index (χ0) is 13.1. The first-order valence-corrected chi connectivity index (χ1v) is 5.01. The lowest BCUT2D eigenvalue weighted by Crippen LogP contribution is -2.16. The van der Waals surface area contributed by atoms with E-state index in [1.165, 1.54) is 18.2 Å². The highest BCUT2D eigenvalue weighted by molar-refractivity contribution is 6.30. The maximum atomic E-state index is 11.9. The zero-order valence-corrected chi connectivity index (χ0v) is 9.40. The lowest BCUT2D eigenvalue weighted by Gasteiger charge is -2.12. The first kappa shape index (κ1) is 13.6. The van der Waals surface area contributed by atoms with Crippen LogP contribution in [0.2, 0.25) is 5.02 Å². The average Bonchev–Trinajstić information content (AvgIpc) is 2.15. The Morgan fingerprint density at radius 1 is 1.41 bits per heavy atom. The third-order valence-corrected chi connectivity index (χ3v) is 2.11. The molecule has 3 N–H and O–H groups in total. The van der Waals surface area contributed by atoms with Crippen molar-refractivity contribution in [2.45, 2.75) is 12.6 Å². The smallest absolute Gasteiger partial charge is 0.392 e. The van der Waals surface area contributed by atoms with Crippen LogP contribution in [0.3, 0.4) is 0 Å². The van der Waals surface area contributed by atoms with Crippen LogP contribution >= 0.6 is 11.6 Å². The Kier molecular flexibility index (Phi) is 4.22. The number of benzene rings is 1. The maximum absolute atomic E-state index is 11.9. The molecule has 17 heavy (non-hydrogen) atoms. The molecular formula is C10H10ClF3N2O. The fraction of sp³-hybridized carbons (Fsp3) is 0.300. The summed E-state index contributed by atoms with van der Waals surface area (Å²) >= 11 is 5.68. The molecule has 0 amide bonds. The molecule has 7 heteroatoms. The van der Waals surface area contributed by atoms with Gasteiger partial charge in [0.15, 0.2) is 0 Å². The van der Waals surface area contributed by atoms with Crippen LogP contribution in [0.4, 0.5) is 13.2 Å². The Morgan fingerprint density at radius 2 is 2.06 bits per heavy atom. The van der Waals surface area contributed by atoms with Crippen molar-refractivity contribution < 1.29 is 17.9 Å². The van der Waals surface area contributed by atoms with Gasteiger partial charge in [-0.25, -0.2) is 0 Å². The van der Waals surface area contributed by atoms with Crippen LogP contribution in [-0.4, -0.2) is 18.6 Å². The van der Waals surface area contributed by atoms with E-state index in [-0.39, 0.29) is 17.1 Å². The van der Waals surface area contributed by atoms with Crippen molar-refractivity contribution in [2.24, 2.45) is 5.73 Å². The van der Waals surface area contributed by atoms with Gasteiger partial charge in [0.25, 0.3) is 0 Å². The zero-order valence-electron chi connectivity index (χ0n) is 8.64. The van der Waals surface area contributed by atoms with E-state index in [1.807, 2.05) is 0 Å². The number of rotatable bonds is 4. The fourth-order valence-corrected chi connectivity index (χ4v) is 1.28. The van der Waals surface area contributed by atoms with Crippen LogP contribution in [0.25, 0.3) is 0 Å². The van der Waals surface area contributed by atoms with Gasteiger partial charge in [-0.15, -0.1) is 0 Å². The topological polar surface area (TPSA) is 59.1 Å². The number of ether oxygens (including phenoxy) is 1. The second kappa shape index (κ2) is 5.27. The summed E-state index contributed by atoms with van der Waals surface area (Å²) in [7, 11) is 0. The van der Waals surface area contributed by atoms with E-state index in [9.17, 15) is 13.2 Å². The molecule has 94 valence electrons. The third-order valence-electron chi connectivity index (χ3n) is 1.88. The van der Waals surface area contributed by atoms with Crippen molar-refractivity contribution in [2.75, 3.05) is 6.61 Å². The number of amidine groups is 1. The molecule has 0 atom stereocenters. The van der Waals surface area contributed by atoms with E-state index in [0.717, 1.165) is 0 Å². The van der Waals surface area contributed by atoms with Gasteiger partial charge in [-0.3, -0.25) is 5.41 Å². The molecule has 0 saturated heterocycles. The second-order valence-electron chi connectivity index (χ2n) is 3.27. The molecule has 0 aliphatic rings. The lowest BCUT2D eigenvalue weighted by molar-refractivity contribution is -0.139. The summed E-state index contributed by atoms with van der Waals surface area (Å²) in [6.45, 7) is -0.538. The van der Waals surface area contributed by atoms with Gasteiger partial charge in [0, 0.05) is 5.02 Å². The van der Waals surface area contributed by atoms with E-state index in [0.29, 0.717) is 5.02 Å². The summed E-state index contributed by atoms with van der Waals surface area (Å²) in [5.74, 6) is -0.210. The maximum Gasteiger partial charge on any atom is 0.392 e. The highest BCUT2D eigenvalue weighted by atomic mass is 35.5. The minimum absolute atomic E-state index is 0.0780. The van der Waals surface area contributed by atoms with Gasteiger partial charge in [0.1, 0.15) is 11.6 Å². The van der Waals surface area contributed by atoms with Gasteiger partial charge in [0.05, 0.1) is 18.6 Å². The number of hydrogen-bond acceptors (Lipinski definition) is 2. The molecule has 0 unspecified atom stereocenters. The number of nitrogens with one attached hydrogen (secondary N) is 1. The molecule has 0 fully saturated rings. The molecule has 0 heterocycles. The molecule has 0 saturated carbocycles. The third kappa shape index (κ3) is 4.52. The molecular weight excluding hydrogens is 257 g/mol. The second-order valence-corrected chi connectivity index (χ2v) is 3.70. The van der Waals surface area contributed by atoms with Crippen LogP contribution in [0.1, 0.15) is 12.0 Å². The quantitative estimate of drug-likeness (QED) is 0.650. The van der Waals surface area contributed by atoms with Crippen LogP contribution in [0.5, 0.6) is 5.75 Å². The van der Waals surface area contributed by atoms with E-state index >= 15 is 0 Å². The van der Waals surface area contributed by atoms with E-state index < -0.39 is 19.2 Å². The van der Waals surface area contributed by atoms with Gasteiger partial charge in [0.2, 0.25) is 0 Å². The highest BCUT2D eigenvalue weighted by Crippen LogP contribution is 2.25. The standard InChI is InChI=1S/C10H10ClF3N2O/c11-6-1-2-7(9(15)16)8(5-6)17-4-3-10(12,13)14/h1-2,5H,3-4H2,(H3,15,16). The SMILES string of the molecule is N=C(N)c1ccc(Cl)cc1OCCC(F)(F)F. The minimum atomic E-state index is -4.28. The molecule has 1 rings (SSSR count). The number of nitrogen functional groups attached to an aromatic ring is 1. The van der Waals surface area contributed by atoms with Crippen molar-refractivity contribution in [3.63, 3.8) is 0 Å². The Labute approximate surface area is 101 Å². The van der Waals surface area contributed by atoms with E-state index in [2.05, 4.69) is 0 Å². The number of nitrogens with two attached hydrogens (primary N) is 1. The normalized spacial score (nSPS) is 11.3. The van der Waals surface area contributed by atoms with Gasteiger partial charge in [-0.2, -0.15) is 13.2 Å². The monoisotopic (exact) mass is 266 g/mol. The summed E-state index contributed by atoms with van der Waals surface area (Å²) in [6.07, 6.45) is -5.36. The van der Waals surface area contributed by atoms with E-state index in [1.54, 1.807) is 0 Å². The molecule has 0 bridgehead atoms. The molecule has 0 spiro atoms. The number of hydrogen-bond donors (Lipinski definition) is 2. The summed E-state index contributed by atoms with van der Waals surface area (Å²) in [5, 5.41) is 7.54. The molecule has 0 aliphatic heterocycles. The van der Waals surface area contributed by atoms with Gasteiger partial charge >= 0.3 is 6.18 Å². The minimum Gasteiger partial charge on any atom is -0.492 e. The Bertz CT molecular complexity index is 421. The Balaban J connectivity index is 2.75. The molecule has 0 aliphatic carbocycles. The summed E-state index contributed by atoms with van der Waals surface area (Å²) in [4.78, 5) is 0. The van der Waals surface area contributed by atoms with Crippen molar-refractivity contribution in [3.8, 4) is 5.75 Å². The summed E-state index contributed by atoms with van der Waals surface area (Å²) in [6, 6.07) is 4.23. The molecule has 0 aromatic heterocycles. The summed E-state index contributed by atoms with van der Waals surface area (Å²) < 4.78 is 40.7. The highest BCUT2D eigenvalue weighted by Gasteiger charge is 2.27. The van der Waals surface area contributed by atoms with Crippen molar-refractivity contribution in [1.29, 1.82) is 5.41 Å². The van der Waals surface area contributed by atoms with Crippen molar-refractivity contribution in [3.05, 3.63) is 28.8 Å². The number of alkyl halides is 3. The van der Waals surface area contributed by atoms with Gasteiger partial charge < -0.3 is 10.5 Å². The lowest BCUT2D eigenvalue weighted by atomic mass is 10.2. The largest absolute Gasteiger partial charge is 0.492 e. The molecule has 0 radical (unpaired) electrons. The van der Waals surface area contributed by atoms with Gasteiger partial charge in [-0.05, 0) is 18.2 Å². The Morgan fingerprint density at radius 3 is 2.59 bits per heavy atom. The fourth-order valence-electron chi connectivity index (χ4n) is 1.11. The van der Waals surface area contributed by atoms with Crippen LogP contribution < -0.4 is 10.5 Å². The average molecular weight is 267 g/mol. The molecule has 1 aromatic rings. The predicted molar refractivity (Wildman–Crippen MR) is 58.6 cm³/mol. The first-order valence-electron chi connectivity index (χ1n) is 4.63. The van der Waals surface area contributed by atoms with E-state index in [4.69, 9.17) is 27.5 Å². The summed E-state index contributed by atoms with van der Waals surface area (Å²) in [5.41, 5.74) is 5.48. The van der Waals surface area contributed by atoms with Gasteiger partial charge in [-0.1, -0.05) is 11.6 Å². The predicted octanol–water partition coefficient (Wildman–Crippen LogP) is 2.96. The van der Waals surface area contributed by atoms with Crippen LogP contribution in [0.15, 0.2) is 18.2 Å². The number of halogens is 4. The van der Waals surface area contributed by atoms with Crippen LogP contribution in [0, 0.1) is 5.41 Å². The van der Waals surface area contributed by atoms with Crippen molar-refractivity contribution in [1.82, 2.24) is 0 Å². The first-order chi connectivity index (χ1) is 7.79. The molecule has 1 aromatic carbocycles. The molecule has 3 nitrogen and oxygen atoms in total. The van der Waals surface area contributed by atoms with Crippen molar-refractivity contribution >= 4 is 17.4 Å². The van der Waals surface area contributed by atoms with Crippen LogP contribution in [-0.2, 0) is 0 Å². The Hall–Kier alpha value is -1.43.